The number of hydrogen-bond donors (Lipinski definition) is 0. The summed E-state index contributed by atoms with van der Waals surface area (Å²) in [6, 6.07) is 15.3. The Hall–Kier alpha value is -2.90. The molecule has 35 heavy (non-hydrogen) atoms. The van der Waals surface area contributed by atoms with Crippen molar-refractivity contribution in [3.63, 3.8) is 0 Å². The Bertz CT molecular complexity index is 1040. The third-order valence-electron chi connectivity index (χ3n) is 7.57. The topological polar surface area (TPSA) is 68.3 Å². The van der Waals surface area contributed by atoms with E-state index < -0.39 is 6.04 Å². The fourth-order valence-electron chi connectivity index (χ4n) is 5.70. The number of para-hydroxylation sites is 1. The smallest absolute Gasteiger partial charge is 0.228 e. The molecule has 7 nitrogen and oxygen atoms in total. The van der Waals surface area contributed by atoms with Crippen LogP contribution in [0, 0.1) is 18.8 Å². The van der Waals surface area contributed by atoms with Crippen molar-refractivity contribution in [2.75, 3.05) is 38.3 Å². The second-order valence-corrected chi connectivity index (χ2v) is 9.70. The minimum absolute atomic E-state index is 0.0306. The predicted octanol–water partition coefficient (Wildman–Crippen LogP) is 4.10. The molecule has 0 saturated carbocycles. The number of hydrogen-bond acceptors (Lipinski definition) is 5. The fraction of sp³-hybridized carbons (Fsp3) is 0.500. The Morgan fingerprint density at radius 1 is 0.971 bits per heavy atom. The van der Waals surface area contributed by atoms with Crippen LogP contribution in [0.25, 0.3) is 0 Å². The quantitative estimate of drug-likeness (QED) is 0.647. The molecule has 3 saturated heterocycles. The van der Waals surface area contributed by atoms with Gasteiger partial charge in [0, 0.05) is 36.7 Å². The standard InChI is InChI=1S/C28H34N2O5/c1-19-7-9-21(10-8-19)30-25(31)12-11-23(26(30)22-5-3-4-6-24(22)33-2)27(32)29-15-13-20(14-16-29)28-34-17-18-35-28/h3-10,20,23,26,28H,11-18H2,1-2H3. The molecular weight excluding hydrogens is 444 g/mol. The first kappa shape index (κ1) is 23.8. The van der Waals surface area contributed by atoms with Gasteiger partial charge in [-0.1, -0.05) is 35.9 Å². The van der Waals surface area contributed by atoms with Gasteiger partial charge in [0.2, 0.25) is 11.8 Å². The first-order valence-electron chi connectivity index (χ1n) is 12.6. The van der Waals surface area contributed by atoms with E-state index >= 15 is 0 Å². The third kappa shape index (κ3) is 4.80. The summed E-state index contributed by atoms with van der Waals surface area (Å²) in [5, 5.41) is 0. The fourth-order valence-corrected chi connectivity index (χ4v) is 5.70. The number of aryl methyl sites for hydroxylation is 1. The monoisotopic (exact) mass is 478 g/mol. The SMILES string of the molecule is COc1ccccc1C1C(C(=O)N2CCC(C3OCCO3)CC2)CCC(=O)N1c1ccc(C)cc1. The van der Waals surface area contributed by atoms with Gasteiger partial charge in [0.1, 0.15) is 5.75 Å². The molecule has 2 aromatic rings. The number of ether oxygens (including phenoxy) is 3. The number of amides is 2. The van der Waals surface area contributed by atoms with Crippen molar-refractivity contribution in [1.82, 2.24) is 4.90 Å². The number of likely N-dealkylation sites (tertiary alicyclic amines) is 1. The number of anilines is 1. The summed E-state index contributed by atoms with van der Waals surface area (Å²) in [6.07, 6.45) is 2.46. The Kier molecular flexibility index (Phi) is 7.07. The van der Waals surface area contributed by atoms with Crippen LogP contribution in [0.15, 0.2) is 48.5 Å². The lowest BCUT2D eigenvalue weighted by atomic mass is 9.81. The highest BCUT2D eigenvalue weighted by Gasteiger charge is 2.44. The van der Waals surface area contributed by atoms with Crippen LogP contribution in [0.4, 0.5) is 5.69 Å². The number of rotatable bonds is 5. The Morgan fingerprint density at radius 3 is 2.34 bits per heavy atom. The molecule has 7 heteroatoms. The normalized spacial score (nSPS) is 24.1. The minimum atomic E-state index is -0.429. The number of carbonyl (C=O) groups is 2. The van der Waals surface area contributed by atoms with Gasteiger partial charge < -0.3 is 24.0 Å². The van der Waals surface area contributed by atoms with Crippen molar-refractivity contribution in [2.45, 2.75) is 44.9 Å². The maximum atomic E-state index is 14.0. The summed E-state index contributed by atoms with van der Waals surface area (Å²) < 4.78 is 17.1. The first-order valence-corrected chi connectivity index (χ1v) is 12.6. The molecule has 3 aliphatic rings. The maximum absolute atomic E-state index is 14.0. The number of piperidine rings is 2. The summed E-state index contributed by atoms with van der Waals surface area (Å²) in [5.74, 6) is 0.806. The highest BCUT2D eigenvalue weighted by molar-refractivity contribution is 5.97. The highest BCUT2D eigenvalue weighted by atomic mass is 16.7. The molecule has 0 N–H and O–H groups in total. The molecule has 3 heterocycles. The molecule has 5 rings (SSSR count). The van der Waals surface area contributed by atoms with Crippen molar-refractivity contribution in [3.8, 4) is 5.75 Å². The predicted molar refractivity (Wildman–Crippen MR) is 132 cm³/mol. The molecule has 2 atom stereocenters. The van der Waals surface area contributed by atoms with Crippen LogP contribution >= 0.6 is 0 Å². The van der Waals surface area contributed by atoms with Gasteiger partial charge >= 0.3 is 0 Å². The van der Waals surface area contributed by atoms with Crippen LogP contribution in [-0.2, 0) is 19.1 Å². The second kappa shape index (κ2) is 10.4. The lowest BCUT2D eigenvalue weighted by molar-refractivity contribution is -0.143. The van der Waals surface area contributed by atoms with E-state index in [1.807, 2.05) is 65.3 Å². The van der Waals surface area contributed by atoms with Gasteiger partial charge in [-0.2, -0.15) is 0 Å². The molecule has 2 amide bonds. The van der Waals surface area contributed by atoms with Crippen molar-refractivity contribution in [2.24, 2.45) is 11.8 Å². The number of benzene rings is 2. The van der Waals surface area contributed by atoms with Gasteiger partial charge in [-0.3, -0.25) is 9.59 Å². The zero-order valence-corrected chi connectivity index (χ0v) is 20.5. The van der Waals surface area contributed by atoms with E-state index in [1.54, 1.807) is 7.11 Å². The van der Waals surface area contributed by atoms with E-state index in [2.05, 4.69) is 0 Å². The summed E-state index contributed by atoms with van der Waals surface area (Å²) in [4.78, 5) is 31.1. The van der Waals surface area contributed by atoms with E-state index in [1.165, 1.54) is 0 Å². The molecule has 2 aromatic carbocycles. The van der Waals surface area contributed by atoms with Crippen molar-refractivity contribution in [3.05, 3.63) is 59.7 Å². The van der Waals surface area contributed by atoms with Crippen molar-refractivity contribution < 1.29 is 23.8 Å². The number of carbonyl (C=O) groups excluding carboxylic acids is 2. The molecule has 3 aliphatic heterocycles. The van der Waals surface area contributed by atoms with Gasteiger partial charge in [0.15, 0.2) is 6.29 Å². The third-order valence-corrected chi connectivity index (χ3v) is 7.57. The summed E-state index contributed by atoms with van der Waals surface area (Å²) >= 11 is 0. The maximum Gasteiger partial charge on any atom is 0.228 e. The summed E-state index contributed by atoms with van der Waals surface area (Å²) in [5.41, 5.74) is 2.80. The lowest BCUT2D eigenvalue weighted by Gasteiger charge is -2.44. The zero-order chi connectivity index (χ0) is 24.4. The van der Waals surface area contributed by atoms with Crippen LogP contribution in [0.3, 0.4) is 0 Å². The number of nitrogens with zero attached hydrogens (tertiary/aromatic N) is 2. The molecule has 0 spiro atoms. The van der Waals surface area contributed by atoms with E-state index in [4.69, 9.17) is 14.2 Å². The second-order valence-electron chi connectivity index (χ2n) is 9.70. The lowest BCUT2D eigenvalue weighted by Crippen LogP contribution is -2.51. The zero-order valence-electron chi connectivity index (χ0n) is 20.5. The van der Waals surface area contributed by atoms with Crippen LogP contribution in [-0.4, -0.2) is 56.4 Å². The minimum Gasteiger partial charge on any atom is -0.496 e. The van der Waals surface area contributed by atoms with Crippen LogP contribution in [0.5, 0.6) is 5.75 Å². The van der Waals surface area contributed by atoms with Gasteiger partial charge in [-0.15, -0.1) is 0 Å². The van der Waals surface area contributed by atoms with Gasteiger partial charge in [-0.05, 0) is 44.4 Å². The Labute approximate surface area is 206 Å². The van der Waals surface area contributed by atoms with Crippen molar-refractivity contribution >= 4 is 17.5 Å². The Balaban J connectivity index is 1.45. The van der Waals surface area contributed by atoms with E-state index in [0.29, 0.717) is 50.8 Å². The number of methoxy groups -OCH3 is 1. The summed E-state index contributed by atoms with van der Waals surface area (Å²) in [6.45, 7) is 4.68. The van der Waals surface area contributed by atoms with Gasteiger partial charge in [-0.25, -0.2) is 0 Å². The first-order chi connectivity index (χ1) is 17.1. The largest absolute Gasteiger partial charge is 0.496 e. The molecule has 2 unspecified atom stereocenters. The van der Waals surface area contributed by atoms with Crippen LogP contribution in [0.2, 0.25) is 0 Å². The average Bonchev–Trinajstić information content (AvgIpc) is 3.44. The Morgan fingerprint density at radius 2 is 1.66 bits per heavy atom. The molecule has 0 bridgehead atoms. The molecule has 186 valence electrons. The molecular formula is C28H34N2O5. The van der Waals surface area contributed by atoms with E-state index in [-0.39, 0.29) is 24.0 Å². The molecule has 0 aromatic heterocycles. The van der Waals surface area contributed by atoms with E-state index in [0.717, 1.165) is 29.7 Å². The average molecular weight is 479 g/mol. The summed E-state index contributed by atoms with van der Waals surface area (Å²) in [7, 11) is 1.63. The van der Waals surface area contributed by atoms with Gasteiger partial charge in [0.05, 0.1) is 32.3 Å². The molecule has 0 radical (unpaired) electrons. The van der Waals surface area contributed by atoms with Crippen molar-refractivity contribution in [1.29, 1.82) is 0 Å². The highest BCUT2D eigenvalue weighted by Crippen LogP contribution is 2.44. The van der Waals surface area contributed by atoms with Crippen LogP contribution < -0.4 is 9.64 Å². The van der Waals surface area contributed by atoms with Crippen LogP contribution in [0.1, 0.15) is 42.9 Å². The molecule has 3 fully saturated rings. The molecule has 0 aliphatic carbocycles. The van der Waals surface area contributed by atoms with Gasteiger partial charge in [0.25, 0.3) is 0 Å². The van der Waals surface area contributed by atoms with E-state index in [9.17, 15) is 9.59 Å².